The van der Waals surface area contributed by atoms with Crippen LogP contribution in [0.15, 0.2) is 48.5 Å². The van der Waals surface area contributed by atoms with Gasteiger partial charge in [0.1, 0.15) is 17.5 Å². The number of ether oxygens (including phenoxy) is 1. The van der Waals surface area contributed by atoms with Crippen molar-refractivity contribution in [2.24, 2.45) is 0 Å². The fourth-order valence-electron chi connectivity index (χ4n) is 3.45. The van der Waals surface area contributed by atoms with Gasteiger partial charge in [-0.1, -0.05) is 49.7 Å². The van der Waals surface area contributed by atoms with E-state index in [-0.39, 0.29) is 11.6 Å². The van der Waals surface area contributed by atoms with E-state index in [0.29, 0.717) is 17.9 Å². The van der Waals surface area contributed by atoms with Crippen molar-refractivity contribution < 1.29 is 9.84 Å². The third-order valence-corrected chi connectivity index (χ3v) is 4.81. The summed E-state index contributed by atoms with van der Waals surface area (Å²) in [5.74, 6) is 0.647. The van der Waals surface area contributed by atoms with Gasteiger partial charge < -0.3 is 15.6 Å². The number of benzene rings is 2. The lowest BCUT2D eigenvalue weighted by molar-refractivity contribution is 0.318. The van der Waals surface area contributed by atoms with Gasteiger partial charge in [-0.05, 0) is 43.0 Å². The summed E-state index contributed by atoms with van der Waals surface area (Å²) >= 11 is 0. The lowest BCUT2D eigenvalue weighted by Gasteiger charge is -2.18. The van der Waals surface area contributed by atoms with E-state index in [4.69, 9.17) is 10.5 Å². The number of anilines is 1. The Labute approximate surface area is 171 Å². The van der Waals surface area contributed by atoms with Gasteiger partial charge >= 0.3 is 0 Å². The molecule has 3 rings (SSSR count). The second kappa shape index (κ2) is 9.11. The van der Waals surface area contributed by atoms with Gasteiger partial charge in [0.2, 0.25) is 0 Å². The molecule has 1 aromatic heterocycles. The quantitative estimate of drug-likeness (QED) is 0.573. The van der Waals surface area contributed by atoms with Crippen LogP contribution in [0.4, 0.5) is 5.82 Å². The molecule has 0 radical (unpaired) electrons. The lowest BCUT2D eigenvalue weighted by atomic mass is 9.89. The zero-order chi connectivity index (χ0) is 20.8. The van der Waals surface area contributed by atoms with Crippen molar-refractivity contribution in [2.75, 3.05) is 12.3 Å². The number of phenols is 1. The van der Waals surface area contributed by atoms with E-state index in [1.54, 1.807) is 18.2 Å². The van der Waals surface area contributed by atoms with Crippen LogP contribution in [0.25, 0.3) is 22.4 Å². The second-order valence-corrected chi connectivity index (χ2v) is 6.77. The molecular formula is C24H25N3O2. The van der Waals surface area contributed by atoms with E-state index < -0.39 is 0 Å². The number of hydrogen-bond donors (Lipinski definition) is 2. The Morgan fingerprint density at radius 1 is 1.10 bits per heavy atom. The van der Waals surface area contributed by atoms with Crippen LogP contribution in [0.1, 0.15) is 37.8 Å². The highest BCUT2D eigenvalue weighted by molar-refractivity contribution is 5.85. The number of aromatic hydroxyl groups is 1. The first-order chi connectivity index (χ1) is 14.1. The average Bonchev–Trinajstić information content (AvgIpc) is 2.74. The summed E-state index contributed by atoms with van der Waals surface area (Å²) in [6.45, 7) is 4.42. The second-order valence-electron chi connectivity index (χ2n) is 6.77. The zero-order valence-electron chi connectivity index (χ0n) is 16.8. The molecule has 2 aromatic carbocycles. The topological polar surface area (TPSA) is 92.2 Å². The van der Waals surface area contributed by atoms with E-state index >= 15 is 0 Å². The van der Waals surface area contributed by atoms with Crippen LogP contribution in [-0.4, -0.2) is 16.7 Å². The van der Waals surface area contributed by atoms with Gasteiger partial charge in [0.25, 0.3) is 0 Å². The van der Waals surface area contributed by atoms with Crippen LogP contribution in [0, 0.1) is 11.3 Å². The molecule has 0 fully saturated rings. The van der Waals surface area contributed by atoms with Crippen LogP contribution in [0.3, 0.4) is 0 Å². The van der Waals surface area contributed by atoms with Gasteiger partial charge in [0, 0.05) is 11.1 Å². The Kier molecular flexibility index (Phi) is 6.36. The number of pyridine rings is 1. The maximum Gasteiger partial charge on any atom is 0.161 e. The smallest absolute Gasteiger partial charge is 0.161 e. The molecule has 0 spiro atoms. The largest absolute Gasteiger partial charge is 0.504 e. The molecule has 0 saturated carbocycles. The minimum atomic E-state index is 0.0644. The summed E-state index contributed by atoms with van der Waals surface area (Å²) in [6.07, 6.45) is 2.74. The van der Waals surface area contributed by atoms with Crippen molar-refractivity contribution in [2.45, 2.75) is 33.1 Å². The number of rotatable bonds is 7. The van der Waals surface area contributed by atoms with Gasteiger partial charge in [-0.3, -0.25) is 0 Å². The molecule has 148 valence electrons. The van der Waals surface area contributed by atoms with E-state index in [9.17, 15) is 10.4 Å². The summed E-state index contributed by atoms with van der Waals surface area (Å²) in [7, 11) is 0. The molecule has 29 heavy (non-hydrogen) atoms. The normalized spacial score (nSPS) is 10.5. The number of nitriles is 1. The van der Waals surface area contributed by atoms with Crippen LogP contribution >= 0.6 is 0 Å². The Hall–Kier alpha value is -3.52. The van der Waals surface area contributed by atoms with Crippen molar-refractivity contribution in [3.8, 4) is 40.0 Å². The number of nitrogens with zero attached hydrogens (tertiary/aromatic N) is 2. The van der Waals surface area contributed by atoms with Crippen LogP contribution in [0.2, 0.25) is 0 Å². The summed E-state index contributed by atoms with van der Waals surface area (Å²) in [5.41, 5.74) is 10.8. The van der Waals surface area contributed by atoms with E-state index in [0.717, 1.165) is 47.2 Å². The van der Waals surface area contributed by atoms with Gasteiger partial charge in [-0.2, -0.15) is 5.26 Å². The number of nitrogen functional groups attached to an aromatic ring is 1. The molecule has 0 aliphatic rings. The van der Waals surface area contributed by atoms with E-state index in [2.05, 4.69) is 18.0 Å². The van der Waals surface area contributed by atoms with Crippen molar-refractivity contribution in [3.63, 3.8) is 0 Å². The third-order valence-electron chi connectivity index (χ3n) is 4.81. The molecule has 5 nitrogen and oxygen atoms in total. The van der Waals surface area contributed by atoms with Crippen LogP contribution in [0.5, 0.6) is 11.5 Å². The Morgan fingerprint density at radius 3 is 2.52 bits per heavy atom. The molecule has 0 aliphatic heterocycles. The molecule has 0 atom stereocenters. The Balaban J connectivity index is 2.33. The van der Waals surface area contributed by atoms with Crippen LogP contribution in [-0.2, 0) is 6.42 Å². The van der Waals surface area contributed by atoms with Crippen molar-refractivity contribution in [3.05, 3.63) is 59.7 Å². The van der Waals surface area contributed by atoms with Gasteiger partial charge in [-0.15, -0.1) is 0 Å². The van der Waals surface area contributed by atoms with Gasteiger partial charge in [0.05, 0.1) is 12.3 Å². The Bertz CT molecular complexity index is 1040. The molecule has 0 amide bonds. The fourth-order valence-corrected chi connectivity index (χ4v) is 3.45. The standard InChI is InChI=1S/C24H25N3O2/c1-3-5-11-18-22(17-12-13-20(28)21(14-17)29-4-2)19(15-25)24(26)27-23(18)16-9-7-6-8-10-16/h6-10,12-14,28H,3-5,11H2,1-2H3,(H2,26,27). The number of aromatic nitrogens is 1. The minimum absolute atomic E-state index is 0.0644. The van der Waals surface area contributed by atoms with E-state index in [1.807, 2.05) is 37.3 Å². The van der Waals surface area contributed by atoms with E-state index in [1.165, 1.54) is 0 Å². The lowest BCUT2D eigenvalue weighted by Crippen LogP contribution is -2.06. The first-order valence-electron chi connectivity index (χ1n) is 9.84. The molecule has 0 bridgehead atoms. The molecule has 0 aliphatic carbocycles. The predicted octanol–water partition coefficient (Wildman–Crippen LogP) is 5.32. The number of hydrogen-bond acceptors (Lipinski definition) is 5. The SMILES string of the molecule is CCCCc1c(-c2ccccc2)nc(N)c(C#N)c1-c1ccc(O)c(OCC)c1. The number of unbranched alkanes of at least 4 members (excludes halogenated alkanes) is 1. The van der Waals surface area contributed by atoms with Crippen LogP contribution < -0.4 is 10.5 Å². The molecule has 3 aromatic rings. The predicted molar refractivity (Wildman–Crippen MR) is 116 cm³/mol. The number of nitrogens with two attached hydrogens (primary N) is 1. The van der Waals surface area contributed by atoms with Crippen molar-refractivity contribution >= 4 is 5.82 Å². The molecule has 0 saturated heterocycles. The molecule has 1 heterocycles. The highest BCUT2D eigenvalue weighted by Crippen LogP contribution is 2.40. The summed E-state index contributed by atoms with van der Waals surface area (Å²) in [6, 6.07) is 17.2. The molecule has 5 heteroatoms. The first-order valence-corrected chi connectivity index (χ1v) is 9.84. The van der Waals surface area contributed by atoms with Gasteiger partial charge in [0.15, 0.2) is 11.5 Å². The monoisotopic (exact) mass is 387 g/mol. The average molecular weight is 387 g/mol. The number of phenolic OH excluding ortho intramolecular Hbond substituents is 1. The Morgan fingerprint density at radius 2 is 1.86 bits per heavy atom. The van der Waals surface area contributed by atoms with Crippen molar-refractivity contribution in [1.82, 2.24) is 4.98 Å². The zero-order valence-corrected chi connectivity index (χ0v) is 16.8. The summed E-state index contributed by atoms with van der Waals surface area (Å²) in [5, 5.41) is 20.0. The molecule has 3 N–H and O–H groups in total. The molecule has 0 unspecified atom stereocenters. The highest BCUT2D eigenvalue weighted by Gasteiger charge is 2.21. The minimum Gasteiger partial charge on any atom is -0.504 e. The first kappa shape index (κ1) is 20.2. The van der Waals surface area contributed by atoms with Gasteiger partial charge in [-0.25, -0.2) is 4.98 Å². The highest BCUT2D eigenvalue weighted by atomic mass is 16.5. The maximum atomic E-state index is 10.1. The fraction of sp³-hybridized carbons (Fsp3) is 0.250. The summed E-state index contributed by atoms with van der Waals surface area (Å²) in [4.78, 5) is 4.60. The maximum absolute atomic E-state index is 10.1. The third kappa shape index (κ3) is 4.17. The molecular weight excluding hydrogens is 362 g/mol. The van der Waals surface area contributed by atoms with Crippen molar-refractivity contribution in [1.29, 1.82) is 5.26 Å². The summed E-state index contributed by atoms with van der Waals surface area (Å²) < 4.78 is 5.56.